The van der Waals surface area contributed by atoms with Crippen molar-refractivity contribution in [2.24, 2.45) is 0 Å². The smallest absolute Gasteiger partial charge is 0.0991 e. The van der Waals surface area contributed by atoms with Gasteiger partial charge < -0.3 is 4.90 Å². The number of rotatable bonds is 3. The molecular weight excluding hydrogens is 520 g/mol. The van der Waals surface area contributed by atoms with E-state index in [4.69, 9.17) is 0 Å². The van der Waals surface area contributed by atoms with Gasteiger partial charge >= 0.3 is 0 Å². The number of aryl methyl sites for hydroxylation is 2. The number of hydrogen-bond acceptors (Lipinski definition) is 2. The molecular formula is C41H26N2. The van der Waals surface area contributed by atoms with Crippen LogP contribution in [-0.2, 0) is 0 Å². The van der Waals surface area contributed by atoms with Crippen molar-refractivity contribution < 1.29 is 0 Å². The standard InChI is InChI=1S/C41H26N2/c1-24-7-12-27(13-8-24)43(28-14-9-25(2)10-15-28)29-16-18-33-37(22-29)35-20-19-34-36-21-26(23-42)11-17-32(36)38-30-5-3-4-6-31(30)39(33)41(35)40(34)38/h3-22H,1-2H3. The van der Waals surface area contributed by atoms with Gasteiger partial charge in [-0.15, -0.1) is 0 Å². The van der Waals surface area contributed by atoms with Gasteiger partial charge in [0, 0.05) is 17.1 Å². The molecule has 0 bridgehead atoms. The Morgan fingerprint density at radius 3 is 1.47 bits per heavy atom. The molecule has 9 rings (SSSR count). The Labute approximate surface area is 250 Å². The van der Waals surface area contributed by atoms with Crippen molar-refractivity contribution in [3.8, 4) is 50.6 Å². The molecule has 7 aromatic carbocycles. The molecule has 0 spiro atoms. The quantitative estimate of drug-likeness (QED) is 0.206. The molecule has 200 valence electrons. The van der Waals surface area contributed by atoms with Crippen molar-refractivity contribution in [2.75, 3.05) is 4.90 Å². The van der Waals surface area contributed by atoms with Crippen LogP contribution >= 0.6 is 0 Å². The first-order valence-corrected chi connectivity index (χ1v) is 14.8. The van der Waals surface area contributed by atoms with Gasteiger partial charge in [-0.3, -0.25) is 0 Å². The molecule has 0 aliphatic heterocycles. The van der Waals surface area contributed by atoms with Crippen LogP contribution in [0.1, 0.15) is 16.7 Å². The fraction of sp³-hybridized carbons (Fsp3) is 0.0488. The highest BCUT2D eigenvalue weighted by Gasteiger charge is 2.32. The molecule has 43 heavy (non-hydrogen) atoms. The fourth-order valence-corrected chi connectivity index (χ4v) is 7.32. The fourth-order valence-electron chi connectivity index (χ4n) is 7.32. The second kappa shape index (κ2) is 8.68. The molecule has 0 atom stereocenters. The predicted octanol–water partition coefficient (Wildman–Crippen LogP) is 11.2. The van der Waals surface area contributed by atoms with Crippen LogP contribution in [0, 0.1) is 25.2 Å². The lowest BCUT2D eigenvalue weighted by Gasteiger charge is -2.26. The second-order valence-electron chi connectivity index (χ2n) is 11.8. The maximum absolute atomic E-state index is 9.68. The Bertz CT molecular complexity index is 2310. The Morgan fingerprint density at radius 1 is 0.465 bits per heavy atom. The van der Waals surface area contributed by atoms with Gasteiger partial charge in [0.1, 0.15) is 0 Å². The van der Waals surface area contributed by atoms with Crippen LogP contribution in [0.15, 0.2) is 121 Å². The number of anilines is 3. The van der Waals surface area contributed by atoms with E-state index in [9.17, 15) is 5.26 Å². The van der Waals surface area contributed by atoms with E-state index >= 15 is 0 Å². The van der Waals surface area contributed by atoms with Crippen LogP contribution in [0.5, 0.6) is 0 Å². The molecule has 0 saturated carbocycles. The van der Waals surface area contributed by atoms with Crippen molar-refractivity contribution in [3.05, 3.63) is 138 Å². The largest absolute Gasteiger partial charge is 0.310 e. The lowest BCUT2D eigenvalue weighted by Crippen LogP contribution is -2.10. The van der Waals surface area contributed by atoms with Gasteiger partial charge in [-0.25, -0.2) is 0 Å². The molecule has 2 aliphatic carbocycles. The Kier molecular flexibility index (Phi) is 4.84. The van der Waals surface area contributed by atoms with Crippen LogP contribution in [0.2, 0.25) is 0 Å². The minimum Gasteiger partial charge on any atom is -0.310 e. The van der Waals surface area contributed by atoms with E-state index in [1.54, 1.807) is 0 Å². The van der Waals surface area contributed by atoms with Gasteiger partial charge in [0.2, 0.25) is 0 Å². The molecule has 0 unspecified atom stereocenters. The summed E-state index contributed by atoms with van der Waals surface area (Å²) in [7, 11) is 0. The molecule has 2 aliphatic rings. The van der Waals surface area contributed by atoms with Crippen LogP contribution < -0.4 is 4.90 Å². The summed E-state index contributed by atoms with van der Waals surface area (Å²) < 4.78 is 0. The molecule has 0 N–H and O–H groups in total. The summed E-state index contributed by atoms with van der Waals surface area (Å²) in [6.07, 6.45) is 0. The van der Waals surface area contributed by atoms with Gasteiger partial charge in [-0.1, -0.05) is 83.9 Å². The monoisotopic (exact) mass is 546 g/mol. The van der Waals surface area contributed by atoms with Crippen molar-refractivity contribution >= 4 is 38.6 Å². The third kappa shape index (κ3) is 3.28. The van der Waals surface area contributed by atoms with E-state index < -0.39 is 0 Å². The second-order valence-corrected chi connectivity index (χ2v) is 11.8. The highest BCUT2D eigenvalue weighted by Crippen LogP contribution is 2.60. The first kappa shape index (κ1) is 24.0. The maximum atomic E-state index is 9.68. The van der Waals surface area contributed by atoms with Crippen LogP contribution in [0.4, 0.5) is 17.1 Å². The molecule has 0 radical (unpaired) electrons. The van der Waals surface area contributed by atoms with E-state index in [1.165, 1.54) is 71.6 Å². The summed E-state index contributed by atoms with van der Waals surface area (Å²) in [4.78, 5) is 2.36. The normalized spacial score (nSPS) is 11.9. The van der Waals surface area contributed by atoms with Crippen molar-refractivity contribution in [1.29, 1.82) is 5.26 Å². The summed E-state index contributed by atoms with van der Waals surface area (Å²) in [5.41, 5.74) is 16.6. The van der Waals surface area contributed by atoms with E-state index in [1.807, 2.05) is 6.07 Å². The van der Waals surface area contributed by atoms with Gasteiger partial charge in [0.05, 0.1) is 11.6 Å². The van der Waals surface area contributed by atoms with Crippen molar-refractivity contribution in [3.63, 3.8) is 0 Å². The lowest BCUT2D eigenvalue weighted by molar-refractivity contribution is 1.27. The summed E-state index contributed by atoms with van der Waals surface area (Å²) in [5, 5.41) is 14.9. The zero-order chi connectivity index (χ0) is 28.8. The highest BCUT2D eigenvalue weighted by molar-refractivity contribution is 6.34. The molecule has 2 nitrogen and oxygen atoms in total. The lowest BCUT2D eigenvalue weighted by atomic mass is 9.90. The number of hydrogen-bond donors (Lipinski definition) is 0. The van der Waals surface area contributed by atoms with Gasteiger partial charge in [-0.05, 0) is 128 Å². The van der Waals surface area contributed by atoms with Crippen molar-refractivity contribution in [2.45, 2.75) is 13.8 Å². The number of nitriles is 1. The van der Waals surface area contributed by atoms with E-state index in [0.717, 1.165) is 22.6 Å². The summed E-state index contributed by atoms with van der Waals surface area (Å²) in [5.74, 6) is 0. The third-order valence-electron chi connectivity index (χ3n) is 9.28. The Balaban J connectivity index is 1.33. The number of nitrogens with zero attached hydrogens (tertiary/aromatic N) is 2. The van der Waals surface area contributed by atoms with Crippen molar-refractivity contribution in [1.82, 2.24) is 0 Å². The average Bonchev–Trinajstić information content (AvgIpc) is 3.55. The average molecular weight is 547 g/mol. The first-order chi connectivity index (χ1) is 21.1. The molecule has 0 amide bonds. The number of benzene rings is 7. The zero-order valence-electron chi connectivity index (χ0n) is 23.9. The molecule has 7 aromatic rings. The predicted molar refractivity (Wildman–Crippen MR) is 179 cm³/mol. The summed E-state index contributed by atoms with van der Waals surface area (Å²) >= 11 is 0. The summed E-state index contributed by atoms with van der Waals surface area (Å²) in [6, 6.07) is 46.4. The van der Waals surface area contributed by atoms with Crippen LogP contribution in [-0.4, -0.2) is 0 Å². The first-order valence-electron chi connectivity index (χ1n) is 14.8. The zero-order valence-corrected chi connectivity index (χ0v) is 23.9. The Morgan fingerprint density at radius 2 is 0.930 bits per heavy atom. The SMILES string of the molecule is Cc1ccc(N(c2ccc(C)cc2)c2ccc3c(c2)-c2ccc4c5c(c6ccccc6c-3c25)-c2ccc(C#N)cc2-4)cc1. The van der Waals surface area contributed by atoms with E-state index in [-0.39, 0.29) is 0 Å². The topological polar surface area (TPSA) is 27.0 Å². The maximum Gasteiger partial charge on any atom is 0.0991 e. The molecule has 0 fully saturated rings. The molecule has 2 heteroatoms. The van der Waals surface area contributed by atoms with Crippen LogP contribution in [0.25, 0.3) is 66.1 Å². The Hall–Kier alpha value is -5.65. The van der Waals surface area contributed by atoms with E-state index in [2.05, 4.69) is 140 Å². The third-order valence-corrected chi connectivity index (χ3v) is 9.28. The minimum absolute atomic E-state index is 0.698. The summed E-state index contributed by atoms with van der Waals surface area (Å²) in [6.45, 7) is 4.26. The van der Waals surface area contributed by atoms with Crippen LogP contribution in [0.3, 0.4) is 0 Å². The highest BCUT2D eigenvalue weighted by atomic mass is 15.1. The van der Waals surface area contributed by atoms with E-state index in [0.29, 0.717) is 5.56 Å². The molecule has 0 saturated heterocycles. The molecule has 0 aromatic heterocycles. The van der Waals surface area contributed by atoms with Gasteiger partial charge in [-0.2, -0.15) is 5.26 Å². The minimum atomic E-state index is 0.698. The van der Waals surface area contributed by atoms with Gasteiger partial charge in [0.25, 0.3) is 0 Å². The molecule has 0 heterocycles. The number of fused-ring (bicyclic) bond motifs is 9. The van der Waals surface area contributed by atoms with Gasteiger partial charge in [0.15, 0.2) is 0 Å².